The highest BCUT2D eigenvalue weighted by Gasteiger charge is 2.32. The number of nitrogens with two attached hydrogens (primary N) is 1. The number of carboxylic acid groups (broad SMARTS) is 1. The highest BCUT2D eigenvalue weighted by molar-refractivity contribution is 9.10. The predicted octanol–water partition coefficient (Wildman–Crippen LogP) is 2.26. The molecule has 1 aromatic carbocycles. The Morgan fingerprint density at radius 3 is 2.62 bits per heavy atom. The average Bonchev–Trinajstić information content (AvgIpc) is 3.03. The fourth-order valence-electron chi connectivity index (χ4n) is 1.75. The van der Waals surface area contributed by atoms with Gasteiger partial charge in [-0.05, 0) is 30.9 Å². The molecule has 4 nitrogen and oxygen atoms in total. The van der Waals surface area contributed by atoms with Crippen LogP contribution in [-0.4, -0.2) is 16.2 Å². The van der Waals surface area contributed by atoms with Crippen molar-refractivity contribution in [1.29, 1.82) is 0 Å². The van der Waals surface area contributed by atoms with Gasteiger partial charge >= 0.3 is 5.97 Å². The van der Waals surface area contributed by atoms with E-state index in [4.69, 9.17) is 10.8 Å². The summed E-state index contributed by atoms with van der Waals surface area (Å²) in [5, 5.41) is 18.8. The van der Waals surface area contributed by atoms with E-state index in [0.717, 1.165) is 12.8 Å². The summed E-state index contributed by atoms with van der Waals surface area (Å²) < 4.78 is 0.619. The third-order valence-corrected chi connectivity index (χ3v) is 3.28. The maximum atomic E-state index is 10.9. The van der Waals surface area contributed by atoms with Gasteiger partial charge < -0.3 is 15.9 Å². The van der Waals surface area contributed by atoms with Crippen molar-refractivity contribution in [2.24, 2.45) is 11.7 Å². The fraction of sp³-hybridized carbons (Fsp3) is 0.364. The minimum atomic E-state index is -1.15. The minimum Gasteiger partial charge on any atom is -0.507 e. The molecule has 2 rings (SSSR count). The first-order chi connectivity index (χ1) is 7.50. The molecule has 0 radical (unpaired) electrons. The van der Waals surface area contributed by atoms with Crippen molar-refractivity contribution in [3.63, 3.8) is 0 Å². The molecule has 4 N–H and O–H groups in total. The number of aromatic hydroxyl groups is 1. The van der Waals surface area contributed by atoms with Crippen LogP contribution in [0.5, 0.6) is 5.75 Å². The Kier molecular flexibility index (Phi) is 2.90. The summed E-state index contributed by atoms with van der Waals surface area (Å²) in [5.41, 5.74) is 6.36. The number of rotatable bonds is 3. The quantitative estimate of drug-likeness (QED) is 0.795. The summed E-state index contributed by atoms with van der Waals surface area (Å²) in [6.07, 6.45) is 2.07. The molecular weight excluding hydrogens is 274 g/mol. The number of aromatic carboxylic acids is 1. The first-order valence-corrected chi connectivity index (χ1v) is 5.81. The molecule has 16 heavy (non-hydrogen) atoms. The van der Waals surface area contributed by atoms with Crippen LogP contribution < -0.4 is 5.73 Å². The highest BCUT2D eigenvalue weighted by atomic mass is 79.9. The van der Waals surface area contributed by atoms with Crippen LogP contribution in [0.4, 0.5) is 0 Å². The van der Waals surface area contributed by atoms with Gasteiger partial charge in [-0.15, -0.1) is 0 Å². The predicted molar refractivity (Wildman–Crippen MR) is 62.4 cm³/mol. The van der Waals surface area contributed by atoms with Gasteiger partial charge in [0.05, 0.1) is 0 Å². The van der Waals surface area contributed by atoms with E-state index in [9.17, 15) is 9.90 Å². The van der Waals surface area contributed by atoms with E-state index < -0.39 is 5.97 Å². The molecule has 1 atom stereocenters. The molecular formula is C11H12BrNO3. The largest absolute Gasteiger partial charge is 0.507 e. The number of hydrogen-bond acceptors (Lipinski definition) is 3. The molecule has 0 bridgehead atoms. The van der Waals surface area contributed by atoms with Crippen LogP contribution in [0.1, 0.15) is 34.8 Å². The van der Waals surface area contributed by atoms with Crippen molar-refractivity contribution >= 4 is 21.9 Å². The van der Waals surface area contributed by atoms with Crippen LogP contribution in [0.2, 0.25) is 0 Å². The first-order valence-electron chi connectivity index (χ1n) is 5.02. The van der Waals surface area contributed by atoms with Crippen molar-refractivity contribution < 1.29 is 15.0 Å². The Hall–Kier alpha value is -1.07. The average molecular weight is 286 g/mol. The standard InChI is InChI=1S/C11H12BrNO3/c12-6-3-7(9(13)5-1-2-5)10(14)8(4-6)11(15)16/h3-5,9,14H,1-2,13H2,(H,15,16)/t9-/m1/s1. The van der Waals surface area contributed by atoms with E-state index in [1.807, 2.05) is 0 Å². The Labute approximate surface area is 101 Å². The highest BCUT2D eigenvalue weighted by Crippen LogP contribution is 2.43. The monoisotopic (exact) mass is 285 g/mol. The molecule has 0 aromatic heterocycles. The van der Waals surface area contributed by atoms with Gasteiger partial charge in [0.1, 0.15) is 11.3 Å². The number of halogens is 1. The first kappa shape index (κ1) is 11.4. The van der Waals surface area contributed by atoms with Gasteiger partial charge in [-0.2, -0.15) is 0 Å². The lowest BCUT2D eigenvalue weighted by atomic mass is 9.99. The van der Waals surface area contributed by atoms with Gasteiger partial charge in [-0.25, -0.2) is 4.79 Å². The second kappa shape index (κ2) is 4.07. The Morgan fingerprint density at radius 2 is 2.12 bits per heavy atom. The van der Waals surface area contributed by atoms with Crippen LogP contribution in [-0.2, 0) is 0 Å². The van der Waals surface area contributed by atoms with Gasteiger partial charge in [0.25, 0.3) is 0 Å². The summed E-state index contributed by atoms with van der Waals surface area (Å²) >= 11 is 3.22. The summed E-state index contributed by atoms with van der Waals surface area (Å²) in [6.45, 7) is 0. The van der Waals surface area contributed by atoms with E-state index in [2.05, 4.69) is 15.9 Å². The van der Waals surface area contributed by atoms with Crippen molar-refractivity contribution in [2.45, 2.75) is 18.9 Å². The van der Waals surface area contributed by atoms with E-state index >= 15 is 0 Å². The van der Waals surface area contributed by atoms with Crippen molar-refractivity contribution in [1.82, 2.24) is 0 Å². The topological polar surface area (TPSA) is 83.6 Å². The van der Waals surface area contributed by atoms with Gasteiger partial charge in [-0.1, -0.05) is 15.9 Å². The van der Waals surface area contributed by atoms with Gasteiger partial charge in [0.15, 0.2) is 0 Å². The van der Waals surface area contributed by atoms with Crippen molar-refractivity contribution in [2.75, 3.05) is 0 Å². The summed E-state index contributed by atoms with van der Waals surface area (Å²) in [6, 6.07) is 2.78. The van der Waals surface area contributed by atoms with Crippen LogP contribution in [0.25, 0.3) is 0 Å². The lowest BCUT2D eigenvalue weighted by Crippen LogP contribution is -2.14. The molecule has 0 heterocycles. The van der Waals surface area contributed by atoms with Crippen molar-refractivity contribution in [3.8, 4) is 5.75 Å². The van der Waals surface area contributed by atoms with Crippen LogP contribution in [0, 0.1) is 5.92 Å². The number of carbonyl (C=O) groups is 1. The second-order valence-electron chi connectivity index (χ2n) is 4.06. The van der Waals surface area contributed by atoms with E-state index in [1.165, 1.54) is 6.07 Å². The van der Waals surface area contributed by atoms with Gasteiger partial charge in [0, 0.05) is 16.1 Å². The maximum Gasteiger partial charge on any atom is 0.339 e. The lowest BCUT2D eigenvalue weighted by molar-refractivity contribution is 0.0693. The third-order valence-electron chi connectivity index (χ3n) is 2.82. The molecule has 1 aliphatic carbocycles. The summed E-state index contributed by atoms with van der Waals surface area (Å²) in [5.74, 6) is -1.00. The van der Waals surface area contributed by atoms with Gasteiger partial charge in [-0.3, -0.25) is 0 Å². The van der Waals surface area contributed by atoms with Crippen LogP contribution in [0.3, 0.4) is 0 Å². The second-order valence-corrected chi connectivity index (χ2v) is 4.98. The number of carboxylic acids is 1. The molecule has 1 fully saturated rings. The molecule has 1 aromatic rings. The van der Waals surface area contributed by atoms with E-state index in [-0.39, 0.29) is 17.4 Å². The number of benzene rings is 1. The maximum absolute atomic E-state index is 10.9. The zero-order chi connectivity index (χ0) is 11.9. The zero-order valence-electron chi connectivity index (χ0n) is 8.48. The molecule has 1 aliphatic rings. The van der Waals surface area contributed by atoms with E-state index in [1.54, 1.807) is 6.07 Å². The normalized spacial score (nSPS) is 17.1. The lowest BCUT2D eigenvalue weighted by Gasteiger charge is -2.14. The fourth-order valence-corrected chi connectivity index (χ4v) is 2.22. The Balaban J connectivity index is 2.47. The SMILES string of the molecule is N[C@@H](c1cc(Br)cc(C(=O)O)c1O)C1CC1. The van der Waals surface area contributed by atoms with Gasteiger partial charge in [0.2, 0.25) is 0 Å². The van der Waals surface area contributed by atoms with E-state index in [0.29, 0.717) is 16.0 Å². The molecule has 86 valence electrons. The molecule has 0 aliphatic heterocycles. The third kappa shape index (κ3) is 2.05. The smallest absolute Gasteiger partial charge is 0.339 e. The molecule has 0 spiro atoms. The van der Waals surface area contributed by atoms with Crippen LogP contribution in [0.15, 0.2) is 16.6 Å². The minimum absolute atomic E-state index is 0.111. The Morgan fingerprint density at radius 1 is 1.50 bits per heavy atom. The number of hydrogen-bond donors (Lipinski definition) is 3. The molecule has 1 saturated carbocycles. The van der Waals surface area contributed by atoms with Crippen LogP contribution >= 0.6 is 15.9 Å². The molecule has 0 unspecified atom stereocenters. The Bertz CT molecular complexity index is 443. The van der Waals surface area contributed by atoms with Crippen molar-refractivity contribution in [3.05, 3.63) is 27.7 Å². The zero-order valence-corrected chi connectivity index (χ0v) is 10.1. The summed E-state index contributed by atoms with van der Waals surface area (Å²) in [4.78, 5) is 10.9. The molecule has 5 heteroatoms. The molecule has 0 saturated heterocycles. The number of phenols is 1. The molecule has 0 amide bonds. The summed E-state index contributed by atoms with van der Waals surface area (Å²) in [7, 11) is 0.